The van der Waals surface area contributed by atoms with Gasteiger partial charge in [0, 0.05) is 23.6 Å². The largest absolute Gasteiger partial charge is 0.295 e. The molecule has 0 radical (unpaired) electrons. The maximum atomic E-state index is 12.4. The fraction of sp³-hybridized carbons (Fsp3) is 0.200. The van der Waals surface area contributed by atoms with Crippen molar-refractivity contribution in [2.75, 3.05) is 5.75 Å². The van der Waals surface area contributed by atoms with Gasteiger partial charge in [0.2, 0.25) is 0 Å². The van der Waals surface area contributed by atoms with Gasteiger partial charge < -0.3 is 0 Å². The van der Waals surface area contributed by atoms with E-state index >= 15 is 0 Å². The molecule has 0 fully saturated rings. The number of hydrogen-bond donors (Lipinski definition) is 0. The highest BCUT2D eigenvalue weighted by molar-refractivity contribution is 7.99. The fourth-order valence-corrected chi connectivity index (χ4v) is 3.32. The summed E-state index contributed by atoms with van der Waals surface area (Å²) in [4.78, 5) is 16.8. The van der Waals surface area contributed by atoms with Crippen LogP contribution in [0.1, 0.15) is 35.7 Å². The van der Waals surface area contributed by atoms with Crippen LogP contribution < -0.4 is 0 Å². The third-order valence-electron chi connectivity index (χ3n) is 3.87. The molecule has 3 rings (SSSR count). The summed E-state index contributed by atoms with van der Waals surface area (Å²) in [6.45, 7) is 4.30. The van der Waals surface area contributed by atoms with E-state index in [0.717, 1.165) is 16.4 Å². The third-order valence-corrected chi connectivity index (χ3v) is 4.84. The van der Waals surface area contributed by atoms with E-state index in [1.54, 1.807) is 6.20 Å². The monoisotopic (exact) mass is 336 g/mol. The quantitative estimate of drug-likeness (QED) is 0.471. The molecule has 0 spiro atoms. The molecule has 0 atom stereocenters. The number of hydrogen-bond acceptors (Lipinski definition) is 3. The van der Waals surface area contributed by atoms with Crippen molar-refractivity contribution in [1.29, 1.82) is 0 Å². The zero-order valence-electron chi connectivity index (χ0n) is 13.8. The second kappa shape index (κ2) is 7.49. The number of Topliss-reactive ketones (excluding diaryl/α,β-unsaturated/α-hetero) is 1. The molecule has 24 heavy (non-hydrogen) atoms. The molecular formula is C20H20N2OS. The van der Waals surface area contributed by atoms with Crippen molar-refractivity contribution >= 4 is 17.5 Å². The molecule has 2 aromatic carbocycles. The Kier molecular flexibility index (Phi) is 5.16. The molecule has 4 heteroatoms. The molecule has 0 aliphatic heterocycles. The van der Waals surface area contributed by atoms with Gasteiger partial charge in [0.1, 0.15) is 0 Å². The van der Waals surface area contributed by atoms with E-state index in [2.05, 4.69) is 18.8 Å². The second-order valence-corrected chi connectivity index (χ2v) is 6.85. The summed E-state index contributed by atoms with van der Waals surface area (Å²) in [6.07, 6.45) is 3.68. The van der Waals surface area contributed by atoms with E-state index in [4.69, 9.17) is 0 Å². The average molecular weight is 336 g/mol. The Bertz CT molecular complexity index is 807. The Morgan fingerprint density at radius 3 is 2.46 bits per heavy atom. The number of nitrogens with zero attached hydrogens (tertiary/aromatic N) is 2. The summed E-state index contributed by atoms with van der Waals surface area (Å²) in [6, 6.07) is 17.9. The third kappa shape index (κ3) is 3.77. The van der Waals surface area contributed by atoms with Gasteiger partial charge in [0.15, 0.2) is 10.9 Å². The molecule has 0 saturated carbocycles. The number of para-hydroxylation sites is 1. The highest BCUT2D eigenvalue weighted by Gasteiger charge is 2.11. The van der Waals surface area contributed by atoms with Gasteiger partial charge in [-0.3, -0.25) is 9.36 Å². The molecular weight excluding hydrogens is 316 g/mol. The molecule has 3 nitrogen and oxygen atoms in total. The van der Waals surface area contributed by atoms with E-state index < -0.39 is 0 Å². The maximum absolute atomic E-state index is 12.4. The van der Waals surface area contributed by atoms with Crippen LogP contribution >= 0.6 is 11.8 Å². The Morgan fingerprint density at radius 1 is 1.08 bits per heavy atom. The van der Waals surface area contributed by atoms with Gasteiger partial charge in [0.05, 0.1) is 5.75 Å². The second-order valence-electron chi connectivity index (χ2n) is 5.90. The summed E-state index contributed by atoms with van der Waals surface area (Å²) in [5.74, 6) is 0.977. The zero-order chi connectivity index (χ0) is 16.9. The number of rotatable bonds is 6. The van der Waals surface area contributed by atoms with Gasteiger partial charge in [-0.05, 0) is 23.6 Å². The van der Waals surface area contributed by atoms with Crippen LogP contribution in [0.25, 0.3) is 5.69 Å². The molecule has 3 aromatic rings. The van der Waals surface area contributed by atoms with Gasteiger partial charge >= 0.3 is 0 Å². The number of thioether (sulfide) groups is 1. The van der Waals surface area contributed by atoms with Crippen molar-refractivity contribution in [2.45, 2.75) is 24.9 Å². The normalized spacial score (nSPS) is 11.0. The zero-order valence-corrected chi connectivity index (χ0v) is 14.7. The predicted octanol–water partition coefficient (Wildman–Crippen LogP) is 4.97. The summed E-state index contributed by atoms with van der Waals surface area (Å²) < 4.78 is 2.00. The first-order valence-electron chi connectivity index (χ1n) is 8.00. The first kappa shape index (κ1) is 16.5. The molecule has 122 valence electrons. The minimum Gasteiger partial charge on any atom is -0.295 e. The summed E-state index contributed by atoms with van der Waals surface area (Å²) >= 11 is 1.46. The topological polar surface area (TPSA) is 34.9 Å². The number of carbonyl (C=O) groups excluding carboxylic acids is 1. The maximum Gasteiger partial charge on any atom is 0.173 e. The van der Waals surface area contributed by atoms with Gasteiger partial charge in [-0.25, -0.2) is 4.98 Å². The van der Waals surface area contributed by atoms with E-state index in [9.17, 15) is 4.79 Å². The average Bonchev–Trinajstić information content (AvgIpc) is 3.09. The van der Waals surface area contributed by atoms with Crippen molar-refractivity contribution in [1.82, 2.24) is 9.55 Å². The standard InChI is InChI=1S/C20H20N2OS/c1-15(2)16-8-10-17(11-9-16)19(23)14-24-20-21-12-13-22(20)18-6-4-3-5-7-18/h3-13,15H,14H2,1-2H3. The van der Waals surface area contributed by atoms with Crippen LogP contribution in [0.5, 0.6) is 0 Å². The molecule has 1 heterocycles. The Morgan fingerprint density at radius 2 is 1.79 bits per heavy atom. The minimum absolute atomic E-state index is 0.123. The van der Waals surface area contributed by atoms with E-state index in [1.165, 1.54) is 17.3 Å². The van der Waals surface area contributed by atoms with Crippen LogP contribution in [0.4, 0.5) is 0 Å². The Labute approximate surface area is 146 Å². The van der Waals surface area contributed by atoms with Crippen molar-refractivity contribution < 1.29 is 4.79 Å². The van der Waals surface area contributed by atoms with Crippen LogP contribution in [0, 0.1) is 0 Å². The number of carbonyl (C=O) groups is 1. The molecule has 0 aliphatic rings. The van der Waals surface area contributed by atoms with Crippen LogP contribution in [-0.2, 0) is 0 Å². The molecule has 0 bridgehead atoms. The van der Waals surface area contributed by atoms with Gasteiger partial charge in [-0.15, -0.1) is 0 Å². The molecule has 1 aromatic heterocycles. The van der Waals surface area contributed by atoms with Gasteiger partial charge in [0.25, 0.3) is 0 Å². The van der Waals surface area contributed by atoms with Crippen LogP contribution in [0.3, 0.4) is 0 Å². The van der Waals surface area contributed by atoms with Crippen molar-refractivity contribution in [2.24, 2.45) is 0 Å². The van der Waals surface area contributed by atoms with Gasteiger partial charge in [-0.2, -0.15) is 0 Å². The van der Waals surface area contributed by atoms with Crippen molar-refractivity contribution in [3.05, 3.63) is 78.1 Å². The SMILES string of the molecule is CC(C)c1ccc(C(=O)CSc2nccn2-c2ccccc2)cc1. The van der Waals surface area contributed by atoms with Crippen molar-refractivity contribution in [3.8, 4) is 5.69 Å². The predicted molar refractivity (Wildman–Crippen MR) is 99.1 cm³/mol. The van der Waals surface area contributed by atoms with Crippen LogP contribution in [-0.4, -0.2) is 21.1 Å². The molecule has 0 unspecified atom stereocenters. The fourth-order valence-electron chi connectivity index (χ4n) is 2.45. The molecule has 0 N–H and O–H groups in total. The van der Waals surface area contributed by atoms with Crippen LogP contribution in [0.2, 0.25) is 0 Å². The minimum atomic E-state index is 0.123. The van der Waals surface area contributed by atoms with Crippen molar-refractivity contribution in [3.63, 3.8) is 0 Å². The highest BCUT2D eigenvalue weighted by Crippen LogP contribution is 2.22. The molecule has 0 aliphatic carbocycles. The lowest BCUT2D eigenvalue weighted by atomic mass is 10.0. The van der Waals surface area contributed by atoms with E-state index in [1.807, 2.05) is 65.4 Å². The van der Waals surface area contributed by atoms with Crippen LogP contribution in [0.15, 0.2) is 72.1 Å². The Hall–Kier alpha value is -2.33. The van der Waals surface area contributed by atoms with E-state index in [-0.39, 0.29) is 5.78 Å². The number of imidazole rings is 1. The Balaban J connectivity index is 1.68. The molecule has 0 saturated heterocycles. The smallest absolute Gasteiger partial charge is 0.173 e. The lowest BCUT2D eigenvalue weighted by Gasteiger charge is -2.08. The number of ketones is 1. The highest BCUT2D eigenvalue weighted by atomic mass is 32.2. The lowest BCUT2D eigenvalue weighted by molar-refractivity contribution is 0.102. The summed E-state index contributed by atoms with van der Waals surface area (Å²) in [5.41, 5.74) is 3.05. The number of benzene rings is 2. The number of aromatic nitrogens is 2. The summed E-state index contributed by atoms with van der Waals surface area (Å²) in [5, 5.41) is 0.827. The lowest BCUT2D eigenvalue weighted by Crippen LogP contribution is -2.04. The first-order valence-corrected chi connectivity index (χ1v) is 8.98. The van der Waals surface area contributed by atoms with E-state index in [0.29, 0.717) is 11.7 Å². The molecule has 0 amide bonds. The van der Waals surface area contributed by atoms with Gasteiger partial charge in [-0.1, -0.05) is 68.1 Å². The first-order chi connectivity index (χ1) is 11.6. The summed E-state index contributed by atoms with van der Waals surface area (Å²) in [7, 11) is 0.